The molecule has 0 aliphatic carbocycles. The van der Waals surface area contributed by atoms with Gasteiger partial charge < -0.3 is 14.2 Å². The van der Waals surface area contributed by atoms with Crippen molar-refractivity contribution < 1.29 is 14.0 Å². The zero-order valence-corrected chi connectivity index (χ0v) is 15.3. The zero-order valence-electron chi connectivity index (χ0n) is 15.3. The van der Waals surface area contributed by atoms with Crippen LogP contribution in [0.3, 0.4) is 0 Å². The first-order chi connectivity index (χ1) is 12.6. The average molecular weight is 359 g/mol. The molecule has 3 rings (SSSR count). The molecule has 3 heterocycles. The molecule has 0 bridgehead atoms. The highest BCUT2D eigenvalue weighted by Crippen LogP contribution is 2.16. The van der Waals surface area contributed by atoms with Gasteiger partial charge in [-0.25, -0.2) is 4.98 Å². The summed E-state index contributed by atoms with van der Waals surface area (Å²) < 4.78 is 5.58. The van der Waals surface area contributed by atoms with Crippen LogP contribution in [0.2, 0.25) is 0 Å². The molecule has 1 aliphatic rings. The SMILES string of the molecule is CCc1nc(C)c(C(=O)N2CCCN(C(=O)CCc3cn[nH]c3)CC2)o1. The number of aromatic amines is 1. The summed E-state index contributed by atoms with van der Waals surface area (Å²) in [6.45, 7) is 6.08. The lowest BCUT2D eigenvalue weighted by molar-refractivity contribution is -0.131. The molecule has 1 aliphatic heterocycles. The summed E-state index contributed by atoms with van der Waals surface area (Å²) in [4.78, 5) is 33.1. The summed E-state index contributed by atoms with van der Waals surface area (Å²) in [6, 6.07) is 0. The Morgan fingerprint density at radius 3 is 2.69 bits per heavy atom. The maximum atomic E-state index is 12.7. The Morgan fingerprint density at radius 1 is 1.23 bits per heavy atom. The molecule has 0 aromatic carbocycles. The number of hydrogen-bond acceptors (Lipinski definition) is 5. The first kappa shape index (κ1) is 18.2. The zero-order chi connectivity index (χ0) is 18.5. The maximum Gasteiger partial charge on any atom is 0.291 e. The number of aromatic nitrogens is 3. The van der Waals surface area contributed by atoms with E-state index in [1.807, 2.05) is 11.8 Å². The highest BCUT2D eigenvalue weighted by atomic mass is 16.4. The van der Waals surface area contributed by atoms with E-state index < -0.39 is 0 Å². The molecular weight excluding hydrogens is 334 g/mol. The number of H-pyrrole nitrogens is 1. The molecule has 2 aromatic heterocycles. The molecule has 0 saturated carbocycles. The van der Waals surface area contributed by atoms with Crippen LogP contribution in [-0.4, -0.2) is 63.0 Å². The lowest BCUT2D eigenvalue weighted by atomic mass is 10.2. The second-order valence-electron chi connectivity index (χ2n) is 6.51. The van der Waals surface area contributed by atoms with Crippen LogP contribution >= 0.6 is 0 Å². The molecule has 1 N–H and O–H groups in total. The van der Waals surface area contributed by atoms with Crippen molar-refractivity contribution in [2.75, 3.05) is 26.2 Å². The summed E-state index contributed by atoms with van der Waals surface area (Å²) in [5.41, 5.74) is 1.65. The number of oxazole rings is 1. The van der Waals surface area contributed by atoms with Gasteiger partial charge in [0.2, 0.25) is 11.7 Å². The van der Waals surface area contributed by atoms with Crippen LogP contribution in [0.5, 0.6) is 0 Å². The summed E-state index contributed by atoms with van der Waals surface area (Å²) in [7, 11) is 0. The number of nitrogens with zero attached hydrogens (tertiary/aromatic N) is 4. The number of rotatable bonds is 5. The van der Waals surface area contributed by atoms with E-state index in [0.717, 1.165) is 12.0 Å². The van der Waals surface area contributed by atoms with E-state index in [9.17, 15) is 9.59 Å². The molecular formula is C18H25N5O3. The minimum absolute atomic E-state index is 0.115. The van der Waals surface area contributed by atoms with E-state index >= 15 is 0 Å². The van der Waals surface area contributed by atoms with Gasteiger partial charge in [-0.15, -0.1) is 0 Å². The third kappa shape index (κ3) is 4.12. The number of carbonyl (C=O) groups excluding carboxylic acids is 2. The molecule has 26 heavy (non-hydrogen) atoms. The smallest absolute Gasteiger partial charge is 0.291 e. The molecule has 1 saturated heterocycles. The van der Waals surface area contributed by atoms with E-state index in [2.05, 4.69) is 15.2 Å². The largest absolute Gasteiger partial charge is 0.435 e. The van der Waals surface area contributed by atoms with Crippen LogP contribution < -0.4 is 0 Å². The summed E-state index contributed by atoms with van der Waals surface area (Å²) in [6.07, 6.45) is 6.09. The Labute approximate surface area is 152 Å². The van der Waals surface area contributed by atoms with Crippen LogP contribution in [0.4, 0.5) is 0 Å². The van der Waals surface area contributed by atoms with Crippen LogP contribution in [0, 0.1) is 6.92 Å². The van der Waals surface area contributed by atoms with Gasteiger partial charge in [-0.2, -0.15) is 5.10 Å². The van der Waals surface area contributed by atoms with Gasteiger partial charge in [-0.05, 0) is 25.3 Å². The lowest BCUT2D eigenvalue weighted by Gasteiger charge is -2.21. The van der Waals surface area contributed by atoms with E-state index in [1.165, 1.54) is 0 Å². The molecule has 8 nitrogen and oxygen atoms in total. The molecule has 0 atom stereocenters. The van der Waals surface area contributed by atoms with Crippen LogP contribution in [0.1, 0.15) is 47.5 Å². The van der Waals surface area contributed by atoms with Crippen molar-refractivity contribution in [1.29, 1.82) is 0 Å². The van der Waals surface area contributed by atoms with Crippen molar-refractivity contribution in [2.45, 2.75) is 39.5 Å². The highest BCUT2D eigenvalue weighted by Gasteiger charge is 2.26. The minimum Gasteiger partial charge on any atom is -0.435 e. The summed E-state index contributed by atoms with van der Waals surface area (Å²) in [5, 5.41) is 6.65. The van der Waals surface area contributed by atoms with Gasteiger partial charge in [0.15, 0.2) is 5.89 Å². The van der Waals surface area contributed by atoms with Crippen molar-refractivity contribution in [2.24, 2.45) is 0 Å². The second-order valence-corrected chi connectivity index (χ2v) is 6.51. The summed E-state index contributed by atoms with van der Waals surface area (Å²) in [5.74, 6) is 0.880. The van der Waals surface area contributed by atoms with Crippen molar-refractivity contribution in [3.63, 3.8) is 0 Å². The van der Waals surface area contributed by atoms with Crippen LogP contribution in [0.15, 0.2) is 16.8 Å². The highest BCUT2D eigenvalue weighted by molar-refractivity contribution is 5.92. The van der Waals surface area contributed by atoms with Gasteiger partial charge in [0.05, 0.1) is 11.9 Å². The predicted molar refractivity (Wildman–Crippen MR) is 94.6 cm³/mol. The fourth-order valence-electron chi connectivity index (χ4n) is 3.14. The average Bonchev–Trinajstić information content (AvgIpc) is 3.22. The monoisotopic (exact) mass is 359 g/mol. The van der Waals surface area contributed by atoms with Crippen molar-refractivity contribution in [3.05, 3.63) is 35.3 Å². The molecule has 8 heteroatoms. The third-order valence-electron chi connectivity index (χ3n) is 4.66. The van der Waals surface area contributed by atoms with Crippen molar-refractivity contribution in [3.8, 4) is 0 Å². The van der Waals surface area contributed by atoms with Gasteiger partial charge >= 0.3 is 0 Å². The first-order valence-electron chi connectivity index (χ1n) is 9.09. The van der Waals surface area contributed by atoms with Gasteiger partial charge in [-0.3, -0.25) is 14.7 Å². The van der Waals surface area contributed by atoms with E-state index in [-0.39, 0.29) is 11.8 Å². The van der Waals surface area contributed by atoms with E-state index in [0.29, 0.717) is 62.8 Å². The van der Waals surface area contributed by atoms with E-state index in [4.69, 9.17) is 4.42 Å². The van der Waals surface area contributed by atoms with Crippen molar-refractivity contribution >= 4 is 11.8 Å². The minimum atomic E-state index is -0.137. The molecule has 2 amide bonds. The fourth-order valence-corrected chi connectivity index (χ4v) is 3.14. The van der Waals surface area contributed by atoms with Crippen LogP contribution in [-0.2, 0) is 17.6 Å². The second kappa shape index (κ2) is 8.16. The number of amides is 2. The number of aryl methyl sites for hydroxylation is 3. The topological polar surface area (TPSA) is 95.3 Å². The Kier molecular flexibility index (Phi) is 5.70. The quantitative estimate of drug-likeness (QED) is 0.874. The molecule has 140 valence electrons. The normalized spacial score (nSPS) is 15.2. The molecule has 0 spiro atoms. The van der Waals surface area contributed by atoms with Gasteiger partial charge in [0.1, 0.15) is 0 Å². The Hall–Kier alpha value is -2.64. The number of hydrogen-bond donors (Lipinski definition) is 1. The van der Waals surface area contributed by atoms with Gasteiger partial charge in [0, 0.05) is 45.2 Å². The molecule has 0 unspecified atom stereocenters. The Bertz CT molecular complexity index is 753. The molecule has 0 radical (unpaired) electrons. The molecule has 1 fully saturated rings. The number of carbonyl (C=O) groups is 2. The first-order valence-corrected chi connectivity index (χ1v) is 9.09. The third-order valence-corrected chi connectivity index (χ3v) is 4.66. The molecule has 2 aromatic rings. The predicted octanol–water partition coefficient (Wildman–Crippen LogP) is 1.58. The Morgan fingerprint density at radius 2 is 2.00 bits per heavy atom. The fraction of sp³-hybridized carbons (Fsp3) is 0.556. The maximum absolute atomic E-state index is 12.7. The Balaban J connectivity index is 1.56. The van der Waals surface area contributed by atoms with Crippen molar-refractivity contribution in [1.82, 2.24) is 25.0 Å². The number of nitrogens with one attached hydrogen (secondary N) is 1. The van der Waals surface area contributed by atoms with Crippen LogP contribution in [0.25, 0.3) is 0 Å². The standard InChI is InChI=1S/C18H25N5O3/c1-3-15-21-13(2)17(26-15)18(25)23-8-4-7-22(9-10-23)16(24)6-5-14-11-19-20-12-14/h11-12H,3-10H2,1-2H3,(H,19,20). The summed E-state index contributed by atoms with van der Waals surface area (Å²) >= 11 is 0. The lowest BCUT2D eigenvalue weighted by Crippen LogP contribution is -2.37. The van der Waals surface area contributed by atoms with Gasteiger partial charge in [-0.1, -0.05) is 6.92 Å². The van der Waals surface area contributed by atoms with Gasteiger partial charge in [0.25, 0.3) is 5.91 Å². The van der Waals surface area contributed by atoms with E-state index in [1.54, 1.807) is 24.2 Å².